The van der Waals surface area contributed by atoms with Gasteiger partial charge in [-0.2, -0.15) is 10.4 Å². The number of carbonyl (C=O) groups excluding carboxylic acids is 1. The molecule has 0 saturated carbocycles. The van der Waals surface area contributed by atoms with Crippen molar-refractivity contribution in [2.75, 3.05) is 12.8 Å². The molecule has 28 heavy (non-hydrogen) atoms. The number of hydrogen-bond acceptors (Lipinski definition) is 5. The Morgan fingerprint density at radius 3 is 2.79 bits per heavy atom. The van der Waals surface area contributed by atoms with Crippen LogP contribution >= 0.6 is 0 Å². The lowest BCUT2D eigenvalue weighted by Crippen LogP contribution is -2.24. The van der Waals surface area contributed by atoms with E-state index in [0.717, 1.165) is 6.07 Å². The summed E-state index contributed by atoms with van der Waals surface area (Å²) in [5, 5.41) is 18.0. The number of aromatic amines is 1. The second-order valence-corrected chi connectivity index (χ2v) is 5.80. The second-order valence-electron chi connectivity index (χ2n) is 5.80. The van der Waals surface area contributed by atoms with E-state index in [4.69, 9.17) is 15.7 Å². The Morgan fingerprint density at radius 2 is 2.11 bits per heavy atom. The molecule has 1 heterocycles. The van der Waals surface area contributed by atoms with Gasteiger partial charge in [0.15, 0.2) is 5.82 Å². The highest BCUT2D eigenvalue weighted by Gasteiger charge is 2.16. The molecule has 0 radical (unpaired) electrons. The van der Waals surface area contributed by atoms with Crippen molar-refractivity contribution in [3.63, 3.8) is 0 Å². The van der Waals surface area contributed by atoms with Gasteiger partial charge in [-0.25, -0.2) is 8.78 Å². The number of anilines is 1. The molecule has 0 saturated heterocycles. The number of aromatic nitrogens is 2. The number of nitrogens with one attached hydrogen (secondary N) is 2. The van der Waals surface area contributed by atoms with Crippen LogP contribution in [0.25, 0.3) is 11.3 Å². The molecular weight excluding hydrogens is 368 g/mol. The Kier molecular flexibility index (Phi) is 5.22. The SMILES string of the molecule is COc1ccc(F)cc1C(=O)NCc1ccc(-c2[nH]nc(N)c2C#N)cc1F. The van der Waals surface area contributed by atoms with Gasteiger partial charge >= 0.3 is 0 Å². The smallest absolute Gasteiger partial charge is 0.255 e. The Labute approximate surface area is 158 Å². The molecule has 2 aromatic carbocycles. The molecule has 9 heteroatoms. The number of nitriles is 1. The first kappa shape index (κ1) is 18.8. The van der Waals surface area contributed by atoms with Crippen LogP contribution in [0.5, 0.6) is 5.75 Å². The number of carbonyl (C=O) groups is 1. The molecule has 1 aromatic heterocycles. The average molecular weight is 383 g/mol. The van der Waals surface area contributed by atoms with E-state index >= 15 is 0 Å². The van der Waals surface area contributed by atoms with Gasteiger partial charge in [-0.1, -0.05) is 12.1 Å². The number of hydrogen-bond donors (Lipinski definition) is 3. The van der Waals surface area contributed by atoms with Crippen molar-refractivity contribution in [2.45, 2.75) is 6.54 Å². The van der Waals surface area contributed by atoms with Gasteiger partial charge in [-0.3, -0.25) is 9.89 Å². The van der Waals surface area contributed by atoms with E-state index in [9.17, 15) is 13.6 Å². The second kappa shape index (κ2) is 7.75. The van der Waals surface area contributed by atoms with Crippen molar-refractivity contribution in [1.82, 2.24) is 15.5 Å². The third-order valence-electron chi connectivity index (χ3n) is 4.09. The van der Waals surface area contributed by atoms with Gasteiger partial charge in [0, 0.05) is 17.7 Å². The van der Waals surface area contributed by atoms with Crippen molar-refractivity contribution in [2.24, 2.45) is 0 Å². The van der Waals surface area contributed by atoms with Crippen LogP contribution in [0.1, 0.15) is 21.5 Å². The minimum Gasteiger partial charge on any atom is -0.496 e. The Balaban J connectivity index is 1.78. The van der Waals surface area contributed by atoms with Crippen LogP contribution in [-0.4, -0.2) is 23.2 Å². The summed E-state index contributed by atoms with van der Waals surface area (Å²) in [6.45, 7) is -0.124. The lowest BCUT2D eigenvalue weighted by molar-refractivity contribution is 0.0947. The van der Waals surface area contributed by atoms with Crippen molar-refractivity contribution < 1.29 is 18.3 Å². The largest absolute Gasteiger partial charge is 0.496 e. The fourth-order valence-corrected chi connectivity index (χ4v) is 2.65. The van der Waals surface area contributed by atoms with Gasteiger partial charge in [0.25, 0.3) is 5.91 Å². The Hall–Kier alpha value is -3.93. The Morgan fingerprint density at radius 1 is 1.32 bits per heavy atom. The highest BCUT2D eigenvalue weighted by atomic mass is 19.1. The summed E-state index contributed by atoms with van der Waals surface area (Å²) in [5.74, 6) is -1.56. The van der Waals surface area contributed by atoms with Gasteiger partial charge in [-0.05, 0) is 24.3 Å². The lowest BCUT2D eigenvalue weighted by Gasteiger charge is -2.10. The zero-order chi connectivity index (χ0) is 20.3. The molecule has 0 atom stereocenters. The fraction of sp³-hybridized carbons (Fsp3) is 0.105. The standard InChI is InChI=1S/C19H15F2N5O2/c1-28-16-5-4-12(20)7-13(16)19(27)24-9-11-3-2-10(6-15(11)21)17-14(8-22)18(23)26-25-17/h2-7H,9H2,1H3,(H,24,27)(H3,23,25,26). The summed E-state index contributed by atoms with van der Waals surface area (Å²) in [7, 11) is 1.36. The maximum Gasteiger partial charge on any atom is 0.255 e. The first-order chi connectivity index (χ1) is 13.4. The summed E-state index contributed by atoms with van der Waals surface area (Å²) in [4.78, 5) is 12.3. The molecule has 0 aliphatic heterocycles. The normalized spacial score (nSPS) is 10.4. The van der Waals surface area contributed by atoms with E-state index in [-0.39, 0.29) is 34.8 Å². The molecule has 4 N–H and O–H groups in total. The monoisotopic (exact) mass is 383 g/mol. The van der Waals surface area contributed by atoms with Crippen LogP contribution in [0.3, 0.4) is 0 Å². The number of nitrogens with two attached hydrogens (primary N) is 1. The van der Waals surface area contributed by atoms with E-state index in [1.165, 1.54) is 31.4 Å². The van der Waals surface area contributed by atoms with Gasteiger partial charge in [0.1, 0.15) is 29.0 Å². The molecule has 3 rings (SSSR count). The molecule has 0 bridgehead atoms. The van der Waals surface area contributed by atoms with E-state index < -0.39 is 17.5 Å². The lowest BCUT2D eigenvalue weighted by atomic mass is 10.1. The number of nitrogens with zero attached hydrogens (tertiary/aromatic N) is 2. The minimum atomic E-state index is -0.604. The molecule has 142 valence electrons. The quantitative estimate of drug-likeness (QED) is 0.626. The molecule has 3 aromatic rings. The number of methoxy groups -OCH3 is 1. The molecule has 0 aliphatic carbocycles. The summed E-state index contributed by atoms with van der Waals surface area (Å²) >= 11 is 0. The zero-order valence-electron chi connectivity index (χ0n) is 14.7. The van der Waals surface area contributed by atoms with E-state index in [1.54, 1.807) is 6.07 Å². The summed E-state index contributed by atoms with van der Waals surface area (Å²) in [6.07, 6.45) is 0. The number of nitrogen functional groups attached to an aromatic ring is 1. The van der Waals surface area contributed by atoms with E-state index in [0.29, 0.717) is 11.3 Å². The summed E-state index contributed by atoms with van der Waals surface area (Å²) < 4.78 is 32.9. The van der Waals surface area contributed by atoms with Gasteiger partial charge in [0.05, 0.1) is 18.4 Å². The van der Waals surface area contributed by atoms with Gasteiger partial charge in [-0.15, -0.1) is 0 Å². The maximum atomic E-state index is 14.5. The van der Waals surface area contributed by atoms with Crippen LogP contribution in [-0.2, 0) is 6.54 Å². The van der Waals surface area contributed by atoms with Crippen molar-refractivity contribution >= 4 is 11.7 Å². The first-order valence-corrected chi connectivity index (χ1v) is 8.09. The number of halogens is 2. The topological polar surface area (TPSA) is 117 Å². The highest BCUT2D eigenvalue weighted by Crippen LogP contribution is 2.26. The average Bonchev–Trinajstić information content (AvgIpc) is 3.07. The molecule has 7 nitrogen and oxygen atoms in total. The molecule has 0 unspecified atom stereocenters. The highest BCUT2D eigenvalue weighted by molar-refractivity contribution is 5.96. The summed E-state index contributed by atoms with van der Waals surface area (Å²) in [6, 6.07) is 9.70. The van der Waals surface area contributed by atoms with Crippen LogP contribution in [0.2, 0.25) is 0 Å². The molecular formula is C19H15F2N5O2. The third-order valence-corrected chi connectivity index (χ3v) is 4.09. The predicted octanol–water partition coefficient (Wildman–Crippen LogP) is 2.75. The van der Waals surface area contributed by atoms with E-state index in [1.807, 2.05) is 6.07 Å². The minimum absolute atomic E-state index is 0.00567. The van der Waals surface area contributed by atoms with Gasteiger partial charge < -0.3 is 15.8 Å². The van der Waals surface area contributed by atoms with Crippen LogP contribution in [0.15, 0.2) is 36.4 Å². The van der Waals surface area contributed by atoms with Crippen molar-refractivity contribution in [1.29, 1.82) is 5.26 Å². The van der Waals surface area contributed by atoms with Crippen molar-refractivity contribution in [3.05, 3.63) is 64.7 Å². The molecule has 0 spiro atoms. The number of rotatable bonds is 5. The summed E-state index contributed by atoms with van der Waals surface area (Å²) in [5.41, 5.74) is 6.61. The predicted molar refractivity (Wildman–Crippen MR) is 97.2 cm³/mol. The fourth-order valence-electron chi connectivity index (χ4n) is 2.65. The Bertz CT molecular complexity index is 1090. The first-order valence-electron chi connectivity index (χ1n) is 8.09. The van der Waals surface area contributed by atoms with Crippen LogP contribution in [0.4, 0.5) is 14.6 Å². The number of H-pyrrole nitrogens is 1. The van der Waals surface area contributed by atoms with Crippen LogP contribution in [0, 0.1) is 23.0 Å². The number of benzene rings is 2. The zero-order valence-corrected chi connectivity index (χ0v) is 14.7. The maximum absolute atomic E-state index is 14.5. The molecule has 1 amide bonds. The van der Waals surface area contributed by atoms with Crippen molar-refractivity contribution in [3.8, 4) is 23.1 Å². The van der Waals surface area contributed by atoms with Gasteiger partial charge in [0.2, 0.25) is 0 Å². The molecule has 0 fully saturated rings. The molecule has 0 aliphatic rings. The van der Waals surface area contributed by atoms with E-state index in [2.05, 4.69) is 15.5 Å². The third kappa shape index (κ3) is 3.61. The number of ether oxygens (including phenoxy) is 1. The van der Waals surface area contributed by atoms with Crippen LogP contribution < -0.4 is 15.8 Å². The number of amides is 1.